The summed E-state index contributed by atoms with van der Waals surface area (Å²) in [6.07, 6.45) is -4.26. The van der Waals surface area contributed by atoms with Crippen LogP contribution in [0.5, 0.6) is 11.5 Å². The molecule has 0 amide bonds. The van der Waals surface area contributed by atoms with Crippen molar-refractivity contribution in [3.8, 4) is 11.5 Å². The summed E-state index contributed by atoms with van der Waals surface area (Å²) in [5.74, 6) is 0.0963. The number of aliphatic hydroxyl groups excluding tert-OH is 4. The second kappa shape index (κ2) is 8.97. The molecule has 5 atom stereocenters. The van der Waals surface area contributed by atoms with Gasteiger partial charge in [0.1, 0.15) is 35.9 Å². The summed E-state index contributed by atoms with van der Waals surface area (Å²) >= 11 is 0. The predicted octanol–water partition coefficient (Wildman–Crippen LogP) is -0.940. The van der Waals surface area contributed by atoms with Crippen molar-refractivity contribution in [2.45, 2.75) is 30.7 Å². The highest BCUT2D eigenvalue weighted by Crippen LogP contribution is 2.28. The van der Waals surface area contributed by atoms with Gasteiger partial charge in [-0.15, -0.1) is 0 Å². The summed E-state index contributed by atoms with van der Waals surface area (Å²) in [4.78, 5) is 11.2. The second-order valence-corrected chi connectivity index (χ2v) is 5.61. The SMILES string of the molecule is COC(=O)C=Cc1cc(OC)cc(OC2OC(CO)C(O)C(O)C2O)c1. The predicted molar refractivity (Wildman–Crippen MR) is 88.4 cm³/mol. The highest BCUT2D eigenvalue weighted by molar-refractivity contribution is 5.87. The Hall–Kier alpha value is -2.17. The Morgan fingerprint density at radius 1 is 1.12 bits per heavy atom. The molecule has 5 unspecified atom stereocenters. The second-order valence-electron chi connectivity index (χ2n) is 5.61. The number of carbonyl (C=O) groups excluding carboxylic acids is 1. The third-order valence-electron chi connectivity index (χ3n) is 3.85. The van der Waals surface area contributed by atoms with Crippen LogP contribution in [0.4, 0.5) is 0 Å². The van der Waals surface area contributed by atoms with Crippen molar-refractivity contribution in [3.63, 3.8) is 0 Å². The molecule has 1 heterocycles. The standard InChI is InChI=1S/C17H22O9/c1-23-10-5-9(3-4-13(19)24-2)6-11(7-10)25-17-16(22)15(21)14(20)12(8-18)26-17/h3-7,12,14-18,20-22H,8H2,1-2H3. The van der Waals surface area contributed by atoms with E-state index in [0.717, 1.165) is 0 Å². The number of hydrogen-bond donors (Lipinski definition) is 4. The molecule has 9 nitrogen and oxygen atoms in total. The fourth-order valence-electron chi connectivity index (χ4n) is 2.41. The van der Waals surface area contributed by atoms with Crippen LogP contribution < -0.4 is 9.47 Å². The van der Waals surface area contributed by atoms with Crippen LogP contribution >= 0.6 is 0 Å². The molecule has 144 valence electrons. The zero-order valence-electron chi connectivity index (χ0n) is 14.3. The van der Waals surface area contributed by atoms with Gasteiger partial charge in [0.05, 0.1) is 20.8 Å². The summed E-state index contributed by atoms with van der Waals surface area (Å²) in [6, 6.07) is 4.69. The summed E-state index contributed by atoms with van der Waals surface area (Å²) in [6.45, 7) is -0.559. The van der Waals surface area contributed by atoms with Gasteiger partial charge < -0.3 is 39.4 Å². The number of rotatable bonds is 6. The minimum absolute atomic E-state index is 0.221. The van der Waals surface area contributed by atoms with Gasteiger partial charge in [0.15, 0.2) is 0 Å². The molecular formula is C17H22O9. The smallest absolute Gasteiger partial charge is 0.330 e. The maximum Gasteiger partial charge on any atom is 0.330 e. The number of benzene rings is 1. The summed E-state index contributed by atoms with van der Waals surface area (Å²) in [7, 11) is 2.70. The topological polar surface area (TPSA) is 135 Å². The third kappa shape index (κ3) is 4.71. The third-order valence-corrected chi connectivity index (χ3v) is 3.85. The van der Waals surface area contributed by atoms with Crippen LogP contribution in [-0.4, -0.2) is 77.9 Å². The molecule has 26 heavy (non-hydrogen) atoms. The molecule has 1 saturated heterocycles. The molecule has 0 aliphatic carbocycles. The lowest BCUT2D eigenvalue weighted by molar-refractivity contribution is -0.277. The molecular weight excluding hydrogens is 348 g/mol. The van der Waals surface area contributed by atoms with Gasteiger partial charge >= 0.3 is 5.97 Å². The summed E-state index contributed by atoms with van der Waals surface area (Å²) in [5.41, 5.74) is 0.550. The summed E-state index contributed by atoms with van der Waals surface area (Å²) in [5, 5.41) is 38.9. The van der Waals surface area contributed by atoms with Crippen molar-refractivity contribution in [1.82, 2.24) is 0 Å². The first-order chi connectivity index (χ1) is 12.4. The average molecular weight is 370 g/mol. The number of esters is 1. The molecule has 0 spiro atoms. The van der Waals surface area contributed by atoms with Gasteiger partial charge in [-0.25, -0.2) is 4.79 Å². The molecule has 1 aliphatic heterocycles. The molecule has 1 aliphatic rings. The van der Waals surface area contributed by atoms with Crippen molar-refractivity contribution in [3.05, 3.63) is 29.8 Å². The van der Waals surface area contributed by atoms with Gasteiger partial charge in [0, 0.05) is 12.1 Å². The zero-order valence-corrected chi connectivity index (χ0v) is 14.3. The van der Waals surface area contributed by atoms with Gasteiger partial charge in [-0.05, 0) is 23.8 Å². The normalized spacial score (nSPS) is 28.8. The van der Waals surface area contributed by atoms with Crippen molar-refractivity contribution in [2.75, 3.05) is 20.8 Å². The molecule has 4 N–H and O–H groups in total. The summed E-state index contributed by atoms with van der Waals surface area (Å²) < 4.78 is 20.5. The minimum atomic E-state index is -1.55. The Labute approximate surface area is 150 Å². The van der Waals surface area contributed by atoms with Crippen LogP contribution in [-0.2, 0) is 14.3 Å². The molecule has 9 heteroatoms. The molecule has 1 fully saturated rings. The molecule has 0 bridgehead atoms. The largest absolute Gasteiger partial charge is 0.497 e. The molecule has 2 rings (SSSR count). The van der Waals surface area contributed by atoms with E-state index < -0.39 is 43.3 Å². The van der Waals surface area contributed by atoms with E-state index >= 15 is 0 Å². The Balaban J connectivity index is 2.22. The average Bonchev–Trinajstić information content (AvgIpc) is 2.66. The minimum Gasteiger partial charge on any atom is -0.497 e. The first-order valence-corrected chi connectivity index (χ1v) is 7.82. The quantitative estimate of drug-likeness (QED) is 0.370. The molecule has 1 aromatic carbocycles. The van der Waals surface area contributed by atoms with E-state index in [9.17, 15) is 25.2 Å². The monoisotopic (exact) mass is 370 g/mol. The maximum atomic E-state index is 11.2. The Bertz CT molecular complexity index is 643. The van der Waals surface area contributed by atoms with Crippen molar-refractivity contribution < 1.29 is 44.2 Å². The number of carbonyl (C=O) groups is 1. The first kappa shape index (κ1) is 20.1. The fourth-order valence-corrected chi connectivity index (χ4v) is 2.41. The molecule has 1 aromatic rings. The highest BCUT2D eigenvalue weighted by Gasteiger charge is 2.44. The lowest BCUT2D eigenvalue weighted by atomic mass is 9.99. The van der Waals surface area contributed by atoms with Crippen LogP contribution in [0.1, 0.15) is 5.56 Å². The number of ether oxygens (including phenoxy) is 4. The number of methoxy groups -OCH3 is 2. The van der Waals surface area contributed by atoms with E-state index in [1.54, 1.807) is 12.1 Å². The van der Waals surface area contributed by atoms with Gasteiger partial charge in [0.25, 0.3) is 0 Å². The Morgan fingerprint density at radius 2 is 1.81 bits per heavy atom. The van der Waals surface area contributed by atoms with E-state index in [1.807, 2.05) is 0 Å². The van der Waals surface area contributed by atoms with E-state index in [2.05, 4.69) is 4.74 Å². The first-order valence-electron chi connectivity index (χ1n) is 7.82. The van der Waals surface area contributed by atoms with E-state index in [1.165, 1.54) is 32.4 Å². The maximum absolute atomic E-state index is 11.2. The van der Waals surface area contributed by atoms with Crippen LogP contribution in [0.15, 0.2) is 24.3 Å². The van der Waals surface area contributed by atoms with Crippen molar-refractivity contribution >= 4 is 12.0 Å². The van der Waals surface area contributed by atoms with Crippen LogP contribution in [0.25, 0.3) is 6.08 Å². The van der Waals surface area contributed by atoms with Gasteiger partial charge in [0.2, 0.25) is 6.29 Å². The van der Waals surface area contributed by atoms with Crippen LogP contribution in [0.2, 0.25) is 0 Å². The highest BCUT2D eigenvalue weighted by atomic mass is 16.7. The van der Waals surface area contributed by atoms with Gasteiger partial charge in [-0.1, -0.05) is 0 Å². The lowest BCUT2D eigenvalue weighted by Crippen LogP contribution is -2.60. The number of aliphatic hydroxyl groups is 4. The van der Waals surface area contributed by atoms with Gasteiger partial charge in [-0.3, -0.25) is 0 Å². The lowest BCUT2D eigenvalue weighted by Gasteiger charge is -2.39. The van der Waals surface area contributed by atoms with E-state index in [-0.39, 0.29) is 5.75 Å². The van der Waals surface area contributed by atoms with E-state index in [4.69, 9.17) is 14.2 Å². The van der Waals surface area contributed by atoms with Crippen LogP contribution in [0, 0.1) is 0 Å². The Kier molecular flexibility index (Phi) is 6.95. The zero-order chi connectivity index (χ0) is 19.3. The van der Waals surface area contributed by atoms with Crippen molar-refractivity contribution in [1.29, 1.82) is 0 Å². The van der Waals surface area contributed by atoms with Crippen molar-refractivity contribution in [2.24, 2.45) is 0 Å². The molecule has 0 saturated carbocycles. The Morgan fingerprint density at radius 3 is 2.42 bits per heavy atom. The molecule has 0 radical (unpaired) electrons. The van der Waals surface area contributed by atoms with Gasteiger partial charge in [-0.2, -0.15) is 0 Å². The number of hydrogen-bond acceptors (Lipinski definition) is 9. The fraction of sp³-hybridized carbons (Fsp3) is 0.471. The van der Waals surface area contributed by atoms with E-state index in [0.29, 0.717) is 11.3 Å². The molecule has 0 aromatic heterocycles. The van der Waals surface area contributed by atoms with Crippen LogP contribution in [0.3, 0.4) is 0 Å².